The van der Waals surface area contributed by atoms with Gasteiger partial charge in [0.05, 0.1) is 12.2 Å². The zero-order valence-electron chi connectivity index (χ0n) is 18.0. The van der Waals surface area contributed by atoms with Gasteiger partial charge in [-0.25, -0.2) is 0 Å². The summed E-state index contributed by atoms with van der Waals surface area (Å²) in [6.45, 7) is 4.01. The quantitative estimate of drug-likeness (QED) is 0.725. The maximum Gasteiger partial charge on any atom is 0.223 e. The topological polar surface area (TPSA) is 67.4 Å². The first-order chi connectivity index (χ1) is 13.5. The molecule has 3 unspecified atom stereocenters. The van der Waals surface area contributed by atoms with Crippen LogP contribution in [0.3, 0.4) is 0 Å². The van der Waals surface area contributed by atoms with Crippen molar-refractivity contribution in [2.75, 3.05) is 7.05 Å². The van der Waals surface area contributed by atoms with Crippen LogP contribution in [0, 0.1) is 17.8 Å². The van der Waals surface area contributed by atoms with Crippen LogP contribution in [0.5, 0.6) is 0 Å². The fraction of sp³-hybridized carbons (Fsp3) is 0.913. The van der Waals surface area contributed by atoms with Gasteiger partial charge in [-0.05, 0) is 90.5 Å². The molecule has 0 bridgehead atoms. The van der Waals surface area contributed by atoms with E-state index in [4.69, 9.17) is 4.74 Å². The first kappa shape index (κ1) is 21.8. The van der Waals surface area contributed by atoms with Gasteiger partial charge in [0.2, 0.25) is 5.91 Å². The SMILES string of the molecule is CNC1CC(NC(=O)C2CCC(OC3CCC(C(C)=O)CC3)CC2)CCC1C. The van der Waals surface area contributed by atoms with Crippen LogP contribution in [0.15, 0.2) is 0 Å². The summed E-state index contributed by atoms with van der Waals surface area (Å²) in [7, 11) is 2.03. The van der Waals surface area contributed by atoms with Gasteiger partial charge in [-0.3, -0.25) is 9.59 Å². The van der Waals surface area contributed by atoms with E-state index in [0.717, 1.165) is 64.2 Å². The Morgan fingerprint density at radius 1 is 0.821 bits per heavy atom. The zero-order chi connectivity index (χ0) is 20.1. The minimum Gasteiger partial charge on any atom is -0.375 e. The molecule has 0 heterocycles. The van der Waals surface area contributed by atoms with E-state index >= 15 is 0 Å². The van der Waals surface area contributed by atoms with E-state index < -0.39 is 0 Å². The van der Waals surface area contributed by atoms with Gasteiger partial charge in [0.15, 0.2) is 0 Å². The molecule has 160 valence electrons. The van der Waals surface area contributed by atoms with Crippen molar-refractivity contribution in [3.8, 4) is 0 Å². The predicted octanol–water partition coefficient (Wildman–Crippen LogP) is 3.60. The maximum atomic E-state index is 12.7. The van der Waals surface area contributed by atoms with E-state index in [1.54, 1.807) is 6.92 Å². The second-order valence-corrected chi connectivity index (χ2v) is 9.59. The number of carbonyl (C=O) groups excluding carboxylic acids is 2. The maximum absolute atomic E-state index is 12.7. The third-order valence-corrected chi connectivity index (χ3v) is 7.59. The molecule has 0 aromatic carbocycles. The van der Waals surface area contributed by atoms with E-state index in [2.05, 4.69) is 17.6 Å². The van der Waals surface area contributed by atoms with Gasteiger partial charge < -0.3 is 15.4 Å². The molecule has 28 heavy (non-hydrogen) atoms. The summed E-state index contributed by atoms with van der Waals surface area (Å²) in [4.78, 5) is 24.2. The molecule has 3 saturated carbocycles. The van der Waals surface area contributed by atoms with Crippen LogP contribution in [0.25, 0.3) is 0 Å². The van der Waals surface area contributed by atoms with Crippen LogP contribution in [0.4, 0.5) is 0 Å². The molecule has 3 aliphatic rings. The smallest absolute Gasteiger partial charge is 0.223 e. The van der Waals surface area contributed by atoms with Crippen molar-refractivity contribution in [1.82, 2.24) is 10.6 Å². The summed E-state index contributed by atoms with van der Waals surface area (Å²) < 4.78 is 6.33. The molecule has 0 radical (unpaired) electrons. The Hall–Kier alpha value is -0.940. The fourth-order valence-electron chi connectivity index (χ4n) is 5.51. The van der Waals surface area contributed by atoms with Crippen LogP contribution in [-0.4, -0.2) is 43.0 Å². The van der Waals surface area contributed by atoms with Crippen LogP contribution in [-0.2, 0) is 14.3 Å². The minimum atomic E-state index is 0.153. The Kier molecular flexibility index (Phi) is 7.93. The van der Waals surface area contributed by atoms with E-state index in [-0.39, 0.29) is 17.7 Å². The van der Waals surface area contributed by atoms with Gasteiger partial charge in [0.25, 0.3) is 0 Å². The van der Waals surface area contributed by atoms with Crippen molar-refractivity contribution < 1.29 is 14.3 Å². The summed E-state index contributed by atoms with van der Waals surface area (Å²) >= 11 is 0. The Labute approximate surface area is 170 Å². The number of ether oxygens (including phenoxy) is 1. The van der Waals surface area contributed by atoms with Crippen LogP contribution in [0.1, 0.15) is 84.5 Å². The Morgan fingerprint density at radius 2 is 1.39 bits per heavy atom. The van der Waals surface area contributed by atoms with E-state index in [1.807, 2.05) is 7.05 Å². The second kappa shape index (κ2) is 10.2. The number of ketones is 1. The molecule has 1 amide bonds. The Balaban J connectivity index is 1.36. The summed E-state index contributed by atoms with van der Waals surface area (Å²) in [5.41, 5.74) is 0. The highest BCUT2D eigenvalue weighted by atomic mass is 16.5. The highest BCUT2D eigenvalue weighted by Gasteiger charge is 2.33. The third kappa shape index (κ3) is 5.79. The number of carbonyl (C=O) groups is 2. The number of rotatable bonds is 6. The molecular weight excluding hydrogens is 352 g/mol. The van der Waals surface area contributed by atoms with E-state index in [9.17, 15) is 9.59 Å². The van der Waals surface area contributed by atoms with Crippen molar-refractivity contribution in [3.63, 3.8) is 0 Å². The lowest BCUT2D eigenvalue weighted by Crippen LogP contribution is -2.48. The predicted molar refractivity (Wildman–Crippen MR) is 111 cm³/mol. The molecule has 5 nitrogen and oxygen atoms in total. The first-order valence-corrected chi connectivity index (χ1v) is 11.6. The minimum absolute atomic E-state index is 0.153. The summed E-state index contributed by atoms with van der Waals surface area (Å²) in [6.07, 6.45) is 11.8. The molecule has 0 aromatic heterocycles. The average Bonchev–Trinajstić information content (AvgIpc) is 2.70. The molecule has 3 rings (SSSR count). The highest BCUT2D eigenvalue weighted by molar-refractivity contribution is 5.79. The van der Waals surface area contributed by atoms with E-state index in [0.29, 0.717) is 36.0 Å². The standard InChI is InChI=1S/C23H40N2O3/c1-15-4-9-19(14-22(15)24-3)25-23(27)18-7-12-21(13-8-18)28-20-10-5-17(6-11-20)16(2)26/h15,17-22,24H,4-14H2,1-3H3,(H,25,27). The molecule has 0 aromatic rings. The van der Waals surface area contributed by atoms with Gasteiger partial charge in [-0.2, -0.15) is 0 Å². The molecule has 3 atom stereocenters. The van der Waals surface area contributed by atoms with Crippen molar-refractivity contribution in [2.24, 2.45) is 17.8 Å². The molecular formula is C23H40N2O3. The molecule has 5 heteroatoms. The van der Waals surface area contributed by atoms with Gasteiger partial charge in [-0.15, -0.1) is 0 Å². The number of Topliss-reactive ketones (excluding diaryl/α,β-unsaturated/α-hetero) is 1. The van der Waals surface area contributed by atoms with E-state index in [1.165, 1.54) is 6.42 Å². The first-order valence-electron chi connectivity index (χ1n) is 11.6. The van der Waals surface area contributed by atoms with Crippen LogP contribution < -0.4 is 10.6 Å². The number of nitrogens with one attached hydrogen (secondary N) is 2. The van der Waals surface area contributed by atoms with Gasteiger partial charge in [0, 0.05) is 23.9 Å². The van der Waals surface area contributed by atoms with Crippen molar-refractivity contribution in [2.45, 2.75) is 109 Å². The summed E-state index contributed by atoms with van der Waals surface area (Å²) in [5, 5.41) is 6.74. The van der Waals surface area contributed by atoms with Gasteiger partial charge >= 0.3 is 0 Å². The molecule has 3 aliphatic carbocycles. The number of hydrogen-bond acceptors (Lipinski definition) is 4. The van der Waals surface area contributed by atoms with Crippen LogP contribution in [0.2, 0.25) is 0 Å². The molecule has 2 N–H and O–H groups in total. The largest absolute Gasteiger partial charge is 0.375 e. The molecule has 0 saturated heterocycles. The van der Waals surface area contributed by atoms with Gasteiger partial charge in [0.1, 0.15) is 5.78 Å². The monoisotopic (exact) mass is 392 g/mol. The zero-order valence-corrected chi connectivity index (χ0v) is 18.0. The third-order valence-electron chi connectivity index (χ3n) is 7.59. The Bertz CT molecular complexity index is 522. The summed E-state index contributed by atoms with van der Waals surface area (Å²) in [5.74, 6) is 1.69. The number of hydrogen-bond donors (Lipinski definition) is 2. The fourth-order valence-corrected chi connectivity index (χ4v) is 5.51. The lowest BCUT2D eigenvalue weighted by Gasteiger charge is -2.36. The molecule has 0 spiro atoms. The molecule has 3 fully saturated rings. The lowest BCUT2D eigenvalue weighted by molar-refractivity contribution is -0.129. The second-order valence-electron chi connectivity index (χ2n) is 9.59. The lowest BCUT2D eigenvalue weighted by atomic mass is 9.82. The average molecular weight is 393 g/mol. The normalized spacial score (nSPS) is 39.3. The summed E-state index contributed by atoms with van der Waals surface area (Å²) in [6, 6.07) is 0.841. The van der Waals surface area contributed by atoms with Gasteiger partial charge in [-0.1, -0.05) is 6.92 Å². The number of amides is 1. The van der Waals surface area contributed by atoms with Crippen molar-refractivity contribution >= 4 is 11.7 Å². The Morgan fingerprint density at radius 3 is 1.93 bits per heavy atom. The van der Waals surface area contributed by atoms with Crippen LogP contribution >= 0.6 is 0 Å². The molecule has 0 aliphatic heterocycles. The van der Waals surface area contributed by atoms with Crippen molar-refractivity contribution in [1.29, 1.82) is 0 Å². The van der Waals surface area contributed by atoms with Crippen molar-refractivity contribution in [3.05, 3.63) is 0 Å². The highest BCUT2D eigenvalue weighted by Crippen LogP contribution is 2.32.